The van der Waals surface area contributed by atoms with Crippen molar-refractivity contribution in [2.75, 3.05) is 12.4 Å². The van der Waals surface area contributed by atoms with E-state index in [1.54, 1.807) is 7.11 Å². The summed E-state index contributed by atoms with van der Waals surface area (Å²) in [5.41, 5.74) is 8.99. The first-order valence-corrected chi connectivity index (χ1v) is 11.7. The van der Waals surface area contributed by atoms with Gasteiger partial charge in [-0.2, -0.15) is 10.4 Å². The second kappa shape index (κ2) is 9.65. The minimum absolute atomic E-state index is 0.0462. The SMILES string of the molecule is COc1nc(C2CC2)cc(O[C@H]2CCCC[C@H](N)C2)c1-c1cc(Nc2cnc(C#N)cn2)n[nH]1. The first-order valence-electron chi connectivity index (χ1n) is 11.7. The predicted molar refractivity (Wildman–Crippen MR) is 126 cm³/mol. The van der Waals surface area contributed by atoms with E-state index in [-0.39, 0.29) is 17.8 Å². The molecule has 0 bridgehead atoms. The number of aromatic amines is 1. The number of nitrogens with one attached hydrogen (secondary N) is 2. The van der Waals surface area contributed by atoms with Crippen LogP contribution in [0.5, 0.6) is 11.6 Å². The summed E-state index contributed by atoms with van der Waals surface area (Å²) in [6.45, 7) is 0. The Labute approximate surface area is 197 Å². The Bertz CT molecular complexity index is 1180. The Morgan fingerprint density at radius 3 is 2.71 bits per heavy atom. The van der Waals surface area contributed by atoms with Gasteiger partial charge in [-0.1, -0.05) is 6.42 Å². The lowest BCUT2D eigenvalue weighted by Crippen LogP contribution is -2.27. The average molecular weight is 461 g/mol. The van der Waals surface area contributed by atoms with Gasteiger partial charge in [-0.3, -0.25) is 5.10 Å². The zero-order valence-electron chi connectivity index (χ0n) is 19.1. The molecule has 3 heterocycles. The molecule has 10 heteroatoms. The lowest BCUT2D eigenvalue weighted by atomic mass is 10.1. The number of pyridine rings is 1. The number of nitriles is 1. The van der Waals surface area contributed by atoms with Crippen molar-refractivity contribution in [3.63, 3.8) is 0 Å². The van der Waals surface area contributed by atoms with Crippen LogP contribution in [0.2, 0.25) is 0 Å². The standard InChI is InChI=1S/C24H28N8O2/c1-33-24-23(19-10-21(32-31-19)30-22-13-27-16(11-25)12-28-22)20(9-18(29-24)14-6-7-14)34-17-5-3-2-4-15(26)8-17/h9-10,12-15,17H,2-8,26H2,1H3,(H2,28,30,31,32)/t15-,17-/m0/s1. The molecule has 10 nitrogen and oxygen atoms in total. The third-order valence-corrected chi connectivity index (χ3v) is 6.24. The topological polar surface area (TPSA) is 148 Å². The number of aromatic nitrogens is 5. The minimum Gasteiger partial charge on any atom is -0.489 e. The molecule has 0 spiro atoms. The van der Waals surface area contributed by atoms with Crippen molar-refractivity contribution < 1.29 is 9.47 Å². The molecule has 0 amide bonds. The number of anilines is 2. The highest BCUT2D eigenvalue weighted by molar-refractivity contribution is 5.75. The van der Waals surface area contributed by atoms with Gasteiger partial charge >= 0.3 is 0 Å². The fraction of sp³-hybridized carbons (Fsp3) is 0.458. The molecule has 4 N–H and O–H groups in total. The van der Waals surface area contributed by atoms with E-state index in [1.165, 1.54) is 12.4 Å². The van der Waals surface area contributed by atoms with Crippen LogP contribution in [0, 0.1) is 11.3 Å². The molecule has 0 aromatic carbocycles. The van der Waals surface area contributed by atoms with Crippen LogP contribution >= 0.6 is 0 Å². The number of hydrogen-bond donors (Lipinski definition) is 3. The van der Waals surface area contributed by atoms with Crippen molar-refractivity contribution in [1.82, 2.24) is 25.1 Å². The fourth-order valence-electron chi connectivity index (χ4n) is 4.33. The molecule has 3 aromatic rings. The monoisotopic (exact) mass is 460 g/mol. The van der Waals surface area contributed by atoms with E-state index in [0.29, 0.717) is 29.1 Å². The van der Waals surface area contributed by atoms with Crippen LogP contribution in [0.4, 0.5) is 11.6 Å². The molecule has 34 heavy (non-hydrogen) atoms. The largest absolute Gasteiger partial charge is 0.489 e. The van der Waals surface area contributed by atoms with Crippen LogP contribution < -0.4 is 20.5 Å². The summed E-state index contributed by atoms with van der Waals surface area (Å²) >= 11 is 0. The number of H-pyrrole nitrogens is 1. The summed E-state index contributed by atoms with van der Waals surface area (Å²) in [5, 5.41) is 19.4. The van der Waals surface area contributed by atoms with Gasteiger partial charge in [0.25, 0.3) is 0 Å². The molecule has 0 aliphatic heterocycles. The lowest BCUT2D eigenvalue weighted by Gasteiger charge is -2.22. The van der Waals surface area contributed by atoms with Crippen molar-refractivity contribution in [2.24, 2.45) is 5.73 Å². The van der Waals surface area contributed by atoms with E-state index in [2.05, 4.69) is 25.5 Å². The average Bonchev–Trinajstić information content (AvgIpc) is 3.64. The molecule has 2 aliphatic carbocycles. The summed E-state index contributed by atoms with van der Waals surface area (Å²) in [4.78, 5) is 13.0. The Balaban J connectivity index is 1.46. The molecule has 2 saturated carbocycles. The van der Waals surface area contributed by atoms with Crippen LogP contribution in [0.3, 0.4) is 0 Å². The first kappa shape index (κ1) is 22.1. The molecule has 2 atom stereocenters. The molecule has 0 saturated heterocycles. The van der Waals surface area contributed by atoms with E-state index in [9.17, 15) is 0 Å². The number of nitrogens with zero attached hydrogens (tertiary/aromatic N) is 5. The number of ether oxygens (including phenoxy) is 2. The summed E-state index contributed by atoms with van der Waals surface area (Å²) in [6, 6.07) is 6.00. The van der Waals surface area contributed by atoms with Crippen molar-refractivity contribution in [3.05, 3.63) is 35.9 Å². The summed E-state index contributed by atoms with van der Waals surface area (Å²) in [7, 11) is 1.62. The second-order valence-corrected chi connectivity index (χ2v) is 8.91. The normalized spacial score (nSPS) is 20.3. The molecule has 2 fully saturated rings. The van der Waals surface area contributed by atoms with Gasteiger partial charge in [0.05, 0.1) is 30.9 Å². The maximum absolute atomic E-state index is 8.90. The number of methoxy groups -OCH3 is 1. The van der Waals surface area contributed by atoms with Crippen LogP contribution in [0.25, 0.3) is 11.3 Å². The summed E-state index contributed by atoms with van der Waals surface area (Å²) in [6.07, 6.45) is 10.3. The van der Waals surface area contributed by atoms with Gasteiger partial charge in [-0.05, 0) is 38.5 Å². The maximum atomic E-state index is 8.90. The van der Waals surface area contributed by atoms with E-state index >= 15 is 0 Å². The van der Waals surface area contributed by atoms with Crippen LogP contribution in [0.1, 0.15) is 62.3 Å². The van der Waals surface area contributed by atoms with Crippen LogP contribution in [0.15, 0.2) is 24.5 Å². The second-order valence-electron chi connectivity index (χ2n) is 8.91. The van der Waals surface area contributed by atoms with E-state index in [0.717, 1.165) is 62.0 Å². The van der Waals surface area contributed by atoms with Gasteiger partial charge in [-0.15, -0.1) is 0 Å². The highest BCUT2D eigenvalue weighted by Gasteiger charge is 2.30. The third-order valence-electron chi connectivity index (χ3n) is 6.24. The third kappa shape index (κ3) is 4.94. The molecule has 2 aliphatic rings. The van der Waals surface area contributed by atoms with Crippen molar-refractivity contribution in [2.45, 2.75) is 63.0 Å². The van der Waals surface area contributed by atoms with Crippen molar-refractivity contribution in [3.8, 4) is 29.0 Å². The molecule has 0 radical (unpaired) electrons. The van der Waals surface area contributed by atoms with E-state index < -0.39 is 0 Å². The highest BCUT2D eigenvalue weighted by Crippen LogP contribution is 2.45. The smallest absolute Gasteiger partial charge is 0.226 e. The van der Waals surface area contributed by atoms with Gasteiger partial charge in [0.2, 0.25) is 5.88 Å². The lowest BCUT2D eigenvalue weighted by molar-refractivity contribution is 0.178. The molecule has 5 rings (SSSR count). The van der Waals surface area contributed by atoms with Crippen molar-refractivity contribution in [1.29, 1.82) is 5.26 Å². The zero-order valence-corrected chi connectivity index (χ0v) is 19.1. The van der Waals surface area contributed by atoms with E-state index in [1.807, 2.05) is 18.2 Å². The fourth-order valence-corrected chi connectivity index (χ4v) is 4.33. The maximum Gasteiger partial charge on any atom is 0.226 e. The van der Waals surface area contributed by atoms with Gasteiger partial charge in [0, 0.05) is 24.1 Å². The predicted octanol–water partition coefficient (Wildman–Crippen LogP) is 3.80. The van der Waals surface area contributed by atoms with Crippen LogP contribution in [-0.2, 0) is 0 Å². The van der Waals surface area contributed by atoms with Gasteiger partial charge in [-0.25, -0.2) is 15.0 Å². The molecular weight excluding hydrogens is 432 g/mol. The molecule has 0 unspecified atom stereocenters. The molecule has 176 valence electrons. The first-order chi connectivity index (χ1) is 16.6. The van der Waals surface area contributed by atoms with E-state index in [4.69, 9.17) is 25.5 Å². The quantitative estimate of drug-likeness (QED) is 0.448. The Kier molecular flexibility index (Phi) is 6.27. The number of hydrogen-bond acceptors (Lipinski definition) is 9. The Morgan fingerprint density at radius 2 is 1.97 bits per heavy atom. The van der Waals surface area contributed by atoms with Gasteiger partial charge in [0.15, 0.2) is 11.5 Å². The number of rotatable bonds is 7. The summed E-state index contributed by atoms with van der Waals surface area (Å²) < 4.78 is 12.3. The minimum atomic E-state index is 0.0462. The van der Waals surface area contributed by atoms with Gasteiger partial charge in [0.1, 0.15) is 29.3 Å². The molecule has 3 aromatic heterocycles. The summed E-state index contributed by atoms with van der Waals surface area (Å²) in [5.74, 6) is 2.72. The number of nitrogens with two attached hydrogens (primary N) is 1. The van der Waals surface area contributed by atoms with Crippen LogP contribution in [-0.4, -0.2) is 44.4 Å². The highest BCUT2D eigenvalue weighted by atomic mass is 16.5. The Morgan fingerprint density at radius 1 is 1.12 bits per heavy atom. The van der Waals surface area contributed by atoms with Gasteiger partial charge < -0.3 is 20.5 Å². The Hall–Kier alpha value is -3.71. The van der Waals surface area contributed by atoms with Crippen molar-refractivity contribution >= 4 is 11.6 Å². The zero-order chi connectivity index (χ0) is 23.5. The molecular formula is C24H28N8O2.